The van der Waals surface area contributed by atoms with Crippen molar-refractivity contribution in [3.8, 4) is 0 Å². The van der Waals surface area contributed by atoms with Crippen LogP contribution in [0.4, 0.5) is 0 Å². The van der Waals surface area contributed by atoms with Crippen molar-refractivity contribution in [2.24, 2.45) is 4.99 Å². The molecule has 1 heterocycles. The molecule has 0 aliphatic carbocycles. The molecule has 1 aliphatic heterocycles. The number of aryl methyl sites for hydroxylation is 1. The number of morpholine rings is 1. The van der Waals surface area contributed by atoms with Gasteiger partial charge in [-0.1, -0.05) is 24.3 Å². The summed E-state index contributed by atoms with van der Waals surface area (Å²) in [6.45, 7) is 12.0. The lowest BCUT2D eigenvalue weighted by Gasteiger charge is -2.26. The molecule has 0 amide bonds. The molecule has 0 atom stereocenters. The fraction of sp³-hybridized carbons (Fsp3) is 0.650. The van der Waals surface area contributed by atoms with Crippen molar-refractivity contribution in [2.75, 3.05) is 53.0 Å². The minimum Gasteiger partial charge on any atom is -0.379 e. The number of unbranched alkanes of at least 4 members (excludes halogenated alkanes) is 1. The van der Waals surface area contributed by atoms with Gasteiger partial charge in [-0.25, -0.2) is 0 Å². The number of hydrogen-bond donors (Lipinski definition) is 1. The minimum absolute atomic E-state index is 0.880. The van der Waals surface area contributed by atoms with Crippen LogP contribution in [0.25, 0.3) is 0 Å². The zero-order valence-electron chi connectivity index (χ0n) is 16.1. The summed E-state index contributed by atoms with van der Waals surface area (Å²) in [4.78, 5) is 9.52. The van der Waals surface area contributed by atoms with Crippen LogP contribution in [0.1, 0.15) is 30.9 Å². The van der Waals surface area contributed by atoms with Crippen LogP contribution < -0.4 is 5.32 Å². The first-order valence-corrected chi connectivity index (χ1v) is 9.54. The smallest absolute Gasteiger partial charge is 0.193 e. The molecule has 5 nitrogen and oxygen atoms in total. The highest BCUT2D eigenvalue weighted by molar-refractivity contribution is 5.79. The third-order valence-electron chi connectivity index (χ3n) is 4.61. The zero-order valence-corrected chi connectivity index (χ0v) is 16.1. The van der Waals surface area contributed by atoms with Gasteiger partial charge in [0.15, 0.2) is 5.96 Å². The van der Waals surface area contributed by atoms with Crippen molar-refractivity contribution >= 4 is 5.96 Å². The van der Waals surface area contributed by atoms with Gasteiger partial charge in [-0.2, -0.15) is 0 Å². The monoisotopic (exact) mass is 346 g/mol. The number of ether oxygens (including phenoxy) is 1. The van der Waals surface area contributed by atoms with E-state index in [1.54, 1.807) is 0 Å². The SMILES string of the molecule is CCNC(=NCCCCN1CCOCC1)N(C)Cc1ccccc1C. The fourth-order valence-corrected chi connectivity index (χ4v) is 3.04. The Bertz CT molecular complexity index is 526. The average molecular weight is 347 g/mol. The van der Waals surface area contributed by atoms with E-state index in [0.29, 0.717) is 0 Å². The second-order valence-electron chi connectivity index (χ2n) is 6.68. The highest BCUT2D eigenvalue weighted by Crippen LogP contribution is 2.09. The minimum atomic E-state index is 0.880. The van der Waals surface area contributed by atoms with Crippen molar-refractivity contribution in [1.29, 1.82) is 0 Å². The molecule has 0 unspecified atom stereocenters. The van der Waals surface area contributed by atoms with Gasteiger partial charge < -0.3 is 15.0 Å². The second kappa shape index (κ2) is 11.1. The predicted octanol–water partition coefficient (Wildman–Crippen LogP) is 2.50. The number of rotatable bonds is 8. The quantitative estimate of drug-likeness (QED) is 0.446. The molecule has 0 spiro atoms. The third kappa shape index (κ3) is 7.04. The third-order valence-corrected chi connectivity index (χ3v) is 4.61. The second-order valence-corrected chi connectivity index (χ2v) is 6.68. The van der Waals surface area contributed by atoms with E-state index in [0.717, 1.165) is 64.9 Å². The molecule has 1 N–H and O–H groups in total. The maximum Gasteiger partial charge on any atom is 0.193 e. The van der Waals surface area contributed by atoms with Crippen LogP contribution in [0, 0.1) is 6.92 Å². The lowest BCUT2D eigenvalue weighted by molar-refractivity contribution is 0.0373. The van der Waals surface area contributed by atoms with E-state index in [9.17, 15) is 0 Å². The fourth-order valence-electron chi connectivity index (χ4n) is 3.04. The van der Waals surface area contributed by atoms with Crippen LogP contribution >= 0.6 is 0 Å². The van der Waals surface area contributed by atoms with Gasteiger partial charge >= 0.3 is 0 Å². The van der Waals surface area contributed by atoms with Crippen LogP contribution in [0.5, 0.6) is 0 Å². The van der Waals surface area contributed by atoms with E-state index < -0.39 is 0 Å². The number of benzene rings is 1. The summed E-state index contributed by atoms with van der Waals surface area (Å²) in [7, 11) is 2.11. The van der Waals surface area contributed by atoms with Crippen LogP contribution in [0.3, 0.4) is 0 Å². The molecule has 1 aliphatic rings. The van der Waals surface area contributed by atoms with Gasteiger partial charge in [-0.15, -0.1) is 0 Å². The molecular weight excluding hydrogens is 312 g/mol. The van der Waals surface area contributed by atoms with E-state index in [-0.39, 0.29) is 0 Å². The van der Waals surface area contributed by atoms with Crippen LogP contribution in [-0.4, -0.2) is 68.7 Å². The van der Waals surface area contributed by atoms with Gasteiger partial charge in [0.2, 0.25) is 0 Å². The summed E-state index contributed by atoms with van der Waals surface area (Å²) in [5.74, 6) is 0.997. The summed E-state index contributed by atoms with van der Waals surface area (Å²) >= 11 is 0. The van der Waals surface area contributed by atoms with Crippen molar-refractivity contribution in [1.82, 2.24) is 15.1 Å². The van der Waals surface area contributed by atoms with Gasteiger partial charge in [-0.3, -0.25) is 9.89 Å². The normalized spacial score (nSPS) is 16.0. The summed E-state index contributed by atoms with van der Waals surface area (Å²) in [6, 6.07) is 8.55. The largest absolute Gasteiger partial charge is 0.379 e. The molecule has 0 aromatic heterocycles. The maximum atomic E-state index is 5.39. The highest BCUT2D eigenvalue weighted by atomic mass is 16.5. The Morgan fingerprint density at radius 2 is 2.00 bits per heavy atom. The van der Waals surface area contributed by atoms with Gasteiger partial charge in [0, 0.05) is 39.8 Å². The average Bonchev–Trinajstić information content (AvgIpc) is 2.63. The van der Waals surface area contributed by atoms with Crippen LogP contribution in [0.2, 0.25) is 0 Å². The molecule has 1 aromatic carbocycles. The predicted molar refractivity (Wildman–Crippen MR) is 105 cm³/mol. The summed E-state index contributed by atoms with van der Waals surface area (Å²) in [5, 5.41) is 3.41. The molecule has 140 valence electrons. The molecule has 1 saturated heterocycles. The highest BCUT2D eigenvalue weighted by Gasteiger charge is 2.10. The van der Waals surface area contributed by atoms with Gasteiger partial charge in [0.05, 0.1) is 13.2 Å². The van der Waals surface area contributed by atoms with E-state index in [1.165, 1.54) is 17.5 Å². The molecule has 1 aromatic rings. The summed E-state index contributed by atoms with van der Waals surface area (Å²) < 4.78 is 5.39. The number of nitrogens with zero attached hydrogens (tertiary/aromatic N) is 3. The van der Waals surface area contributed by atoms with Crippen molar-refractivity contribution in [2.45, 2.75) is 33.2 Å². The van der Waals surface area contributed by atoms with E-state index in [2.05, 4.69) is 60.3 Å². The number of hydrogen-bond acceptors (Lipinski definition) is 3. The van der Waals surface area contributed by atoms with Gasteiger partial charge in [0.1, 0.15) is 0 Å². The molecule has 0 bridgehead atoms. The first-order chi connectivity index (χ1) is 12.2. The number of guanidine groups is 1. The van der Waals surface area contributed by atoms with Crippen LogP contribution in [-0.2, 0) is 11.3 Å². The number of aliphatic imine (C=N–C) groups is 1. The van der Waals surface area contributed by atoms with Gasteiger partial charge in [0.25, 0.3) is 0 Å². The topological polar surface area (TPSA) is 40.1 Å². The van der Waals surface area contributed by atoms with Crippen molar-refractivity contribution in [3.63, 3.8) is 0 Å². The Labute approximate surface area is 153 Å². The van der Waals surface area contributed by atoms with Gasteiger partial charge in [-0.05, 0) is 44.4 Å². The molecule has 5 heteroatoms. The lowest BCUT2D eigenvalue weighted by Crippen LogP contribution is -2.38. The van der Waals surface area contributed by atoms with E-state index >= 15 is 0 Å². The first-order valence-electron chi connectivity index (χ1n) is 9.54. The maximum absolute atomic E-state index is 5.39. The van der Waals surface area contributed by atoms with Crippen molar-refractivity contribution in [3.05, 3.63) is 35.4 Å². The molecule has 25 heavy (non-hydrogen) atoms. The first kappa shape index (κ1) is 19.7. The molecule has 0 radical (unpaired) electrons. The zero-order chi connectivity index (χ0) is 17.9. The van der Waals surface area contributed by atoms with E-state index in [1.807, 2.05) is 0 Å². The Morgan fingerprint density at radius 3 is 2.72 bits per heavy atom. The molecule has 1 fully saturated rings. The molecular formula is C20H34N4O. The number of nitrogens with one attached hydrogen (secondary N) is 1. The lowest BCUT2D eigenvalue weighted by atomic mass is 10.1. The Hall–Kier alpha value is -1.59. The summed E-state index contributed by atoms with van der Waals surface area (Å²) in [5.41, 5.74) is 2.68. The molecule has 2 rings (SSSR count). The summed E-state index contributed by atoms with van der Waals surface area (Å²) in [6.07, 6.45) is 2.33. The van der Waals surface area contributed by atoms with E-state index in [4.69, 9.17) is 9.73 Å². The van der Waals surface area contributed by atoms with Crippen molar-refractivity contribution < 1.29 is 4.74 Å². The Morgan fingerprint density at radius 1 is 1.24 bits per heavy atom. The molecule has 0 saturated carbocycles. The Kier molecular flexibility index (Phi) is 8.77. The standard InChI is InChI=1S/C20H34N4O/c1-4-21-20(23(3)17-19-10-6-5-9-18(19)2)22-11-7-8-12-24-13-15-25-16-14-24/h5-6,9-10H,4,7-8,11-17H2,1-3H3,(H,21,22). The van der Waals surface area contributed by atoms with Crippen LogP contribution in [0.15, 0.2) is 29.3 Å². The Balaban J connectivity index is 1.77.